The fourth-order valence-electron chi connectivity index (χ4n) is 2.27. The molecule has 1 atom stereocenters. The Balaban J connectivity index is 2.21. The molecule has 7 nitrogen and oxygen atoms in total. The fraction of sp³-hybridized carbons (Fsp3) is 0.467. The number of anilines is 1. The summed E-state index contributed by atoms with van der Waals surface area (Å²) in [6.45, 7) is 6.39. The maximum Gasteiger partial charge on any atom is 0.244 e. The molecule has 118 valence electrons. The summed E-state index contributed by atoms with van der Waals surface area (Å²) in [6.07, 6.45) is 1.48. The fourth-order valence-corrected chi connectivity index (χ4v) is 2.27. The normalized spacial score (nSPS) is 13.6. The second kappa shape index (κ2) is 6.65. The van der Waals surface area contributed by atoms with Crippen LogP contribution in [0, 0.1) is 0 Å². The van der Waals surface area contributed by atoms with Gasteiger partial charge in [0.05, 0.1) is 5.54 Å². The molecule has 1 amide bonds. The lowest BCUT2D eigenvalue weighted by atomic mass is 9.96. The molecule has 3 N–H and O–H groups in total. The zero-order valence-corrected chi connectivity index (χ0v) is 13.2. The summed E-state index contributed by atoms with van der Waals surface area (Å²) in [4.78, 5) is 12.3. The van der Waals surface area contributed by atoms with Crippen molar-refractivity contribution < 1.29 is 4.79 Å². The molecule has 7 heteroatoms. The van der Waals surface area contributed by atoms with Gasteiger partial charge in [-0.3, -0.25) is 4.79 Å². The van der Waals surface area contributed by atoms with Crippen molar-refractivity contribution in [2.45, 2.75) is 45.7 Å². The summed E-state index contributed by atoms with van der Waals surface area (Å²) in [5.41, 5.74) is 6.70. The molecule has 1 heterocycles. The van der Waals surface area contributed by atoms with Crippen LogP contribution in [-0.4, -0.2) is 31.7 Å². The van der Waals surface area contributed by atoms with E-state index in [-0.39, 0.29) is 5.91 Å². The van der Waals surface area contributed by atoms with Crippen LogP contribution in [0.4, 0.5) is 5.69 Å². The van der Waals surface area contributed by atoms with Crippen LogP contribution in [-0.2, 0) is 11.3 Å². The molecule has 0 aliphatic carbocycles. The highest BCUT2D eigenvalue weighted by Gasteiger charge is 2.27. The minimum absolute atomic E-state index is 0.193. The van der Waals surface area contributed by atoms with E-state index in [1.807, 2.05) is 38.1 Å². The van der Waals surface area contributed by atoms with Gasteiger partial charge >= 0.3 is 0 Å². The number of nitrogens with two attached hydrogens (primary N) is 1. The lowest BCUT2D eigenvalue weighted by Crippen LogP contribution is -2.48. The monoisotopic (exact) mass is 302 g/mol. The van der Waals surface area contributed by atoms with E-state index in [0.717, 1.165) is 12.0 Å². The Labute approximate surface area is 129 Å². The molecule has 22 heavy (non-hydrogen) atoms. The van der Waals surface area contributed by atoms with Crippen LogP contribution in [0.5, 0.6) is 0 Å². The Morgan fingerprint density at radius 1 is 1.41 bits per heavy atom. The number of nitrogens with one attached hydrogen (secondary N) is 1. The molecular weight excluding hydrogens is 280 g/mol. The molecule has 0 saturated carbocycles. The maximum atomic E-state index is 12.3. The zero-order chi connectivity index (χ0) is 16.2. The number of tetrazole rings is 1. The van der Waals surface area contributed by atoms with E-state index < -0.39 is 5.54 Å². The van der Waals surface area contributed by atoms with Crippen molar-refractivity contribution in [2.24, 2.45) is 5.73 Å². The van der Waals surface area contributed by atoms with Crippen LogP contribution in [0.3, 0.4) is 0 Å². The molecule has 2 aromatic rings. The van der Waals surface area contributed by atoms with Gasteiger partial charge in [-0.05, 0) is 42.8 Å². The highest BCUT2D eigenvalue weighted by molar-refractivity contribution is 5.98. The Hall–Kier alpha value is -2.28. The van der Waals surface area contributed by atoms with E-state index in [1.165, 1.54) is 0 Å². The molecule has 0 radical (unpaired) electrons. The first kappa shape index (κ1) is 16.1. The Morgan fingerprint density at radius 2 is 2.18 bits per heavy atom. The van der Waals surface area contributed by atoms with Gasteiger partial charge in [0.1, 0.15) is 0 Å². The van der Waals surface area contributed by atoms with Crippen molar-refractivity contribution >= 4 is 11.6 Å². The van der Waals surface area contributed by atoms with Gasteiger partial charge in [-0.25, -0.2) is 4.68 Å². The summed E-state index contributed by atoms with van der Waals surface area (Å²) in [5.74, 6) is 0.476. The van der Waals surface area contributed by atoms with Crippen molar-refractivity contribution in [3.05, 3.63) is 24.3 Å². The SMILES string of the molecule is CCCC(C)(N)C(=O)Nc1cccc(-c2nnnn2CC)c1. The average molecular weight is 302 g/mol. The van der Waals surface area contributed by atoms with Crippen LogP contribution in [0.25, 0.3) is 11.4 Å². The molecular formula is C15H22N6O. The van der Waals surface area contributed by atoms with Gasteiger partial charge < -0.3 is 11.1 Å². The lowest BCUT2D eigenvalue weighted by Gasteiger charge is -2.22. The van der Waals surface area contributed by atoms with Crippen molar-refractivity contribution in [3.63, 3.8) is 0 Å². The summed E-state index contributed by atoms with van der Waals surface area (Å²) >= 11 is 0. The molecule has 0 aliphatic rings. The molecule has 0 bridgehead atoms. The minimum atomic E-state index is -0.879. The maximum absolute atomic E-state index is 12.3. The first-order valence-corrected chi connectivity index (χ1v) is 7.45. The van der Waals surface area contributed by atoms with E-state index in [0.29, 0.717) is 24.5 Å². The van der Waals surface area contributed by atoms with Gasteiger partial charge in [0, 0.05) is 17.8 Å². The Bertz CT molecular complexity index is 649. The minimum Gasteiger partial charge on any atom is -0.324 e. The highest BCUT2D eigenvalue weighted by Crippen LogP contribution is 2.21. The van der Waals surface area contributed by atoms with Gasteiger partial charge in [-0.15, -0.1) is 5.10 Å². The van der Waals surface area contributed by atoms with E-state index in [9.17, 15) is 4.79 Å². The van der Waals surface area contributed by atoms with Gasteiger partial charge in [0.25, 0.3) is 0 Å². The van der Waals surface area contributed by atoms with Gasteiger partial charge in [-0.2, -0.15) is 0 Å². The third kappa shape index (κ3) is 3.48. The number of rotatable bonds is 6. The van der Waals surface area contributed by atoms with Crippen LogP contribution in [0.15, 0.2) is 24.3 Å². The van der Waals surface area contributed by atoms with Gasteiger partial charge in [0.2, 0.25) is 5.91 Å². The largest absolute Gasteiger partial charge is 0.324 e. The van der Waals surface area contributed by atoms with Crippen molar-refractivity contribution in [3.8, 4) is 11.4 Å². The van der Waals surface area contributed by atoms with Crippen molar-refractivity contribution in [2.75, 3.05) is 5.32 Å². The zero-order valence-electron chi connectivity index (χ0n) is 13.2. The van der Waals surface area contributed by atoms with Crippen molar-refractivity contribution in [1.82, 2.24) is 20.2 Å². The summed E-state index contributed by atoms with van der Waals surface area (Å²) in [5, 5.41) is 14.5. The summed E-state index contributed by atoms with van der Waals surface area (Å²) in [7, 11) is 0. The number of carbonyl (C=O) groups excluding carboxylic acids is 1. The lowest BCUT2D eigenvalue weighted by molar-refractivity contribution is -0.120. The number of aryl methyl sites for hydroxylation is 1. The summed E-state index contributed by atoms with van der Waals surface area (Å²) in [6, 6.07) is 7.43. The van der Waals surface area contributed by atoms with E-state index in [4.69, 9.17) is 5.73 Å². The van der Waals surface area contributed by atoms with Crippen LogP contribution >= 0.6 is 0 Å². The molecule has 2 rings (SSSR count). The number of nitrogens with zero attached hydrogens (tertiary/aromatic N) is 4. The first-order valence-electron chi connectivity index (χ1n) is 7.45. The van der Waals surface area contributed by atoms with Gasteiger partial charge in [0.15, 0.2) is 5.82 Å². The Kier molecular flexibility index (Phi) is 4.87. The molecule has 0 fully saturated rings. The Morgan fingerprint density at radius 3 is 2.86 bits per heavy atom. The highest BCUT2D eigenvalue weighted by atomic mass is 16.2. The second-order valence-electron chi connectivity index (χ2n) is 5.52. The predicted molar refractivity (Wildman–Crippen MR) is 85.1 cm³/mol. The third-order valence-electron chi connectivity index (χ3n) is 3.50. The van der Waals surface area contributed by atoms with Crippen LogP contribution in [0.2, 0.25) is 0 Å². The topological polar surface area (TPSA) is 98.7 Å². The molecule has 0 spiro atoms. The smallest absolute Gasteiger partial charge is 0.244 e. The number of carbonyl (C=O) groups is 1. The number of aromatic nitrogens is 4. The standard InChI is InChI=1S/C15H22N6O/c1-4-9-15(3,16)14(22)17-12-8-6-7-11(10-12)13-18-19-20-21(13)5-2/h6-8,10H,4-5,9,16H2,1-3H3,(H,17,22). The molecule has 1 unspecified atom stereocenters. The van der Waals surface area contributed by atoms with Crippen molar-refractivity contribution in [1.29, 1.82) is 0 Å². The number of amides is 1. The van der Waals surface area contributed by atoms with Gasteiger partial charge in [-0.1, -0.05) is 25.5 Å². The van der Waals surface area contributed by atoms with E-state index in [2.05, 4.69) is 20.8 Å². The predicted octanol–water partition coefficient (Wildman–Crippen LogP) is 1.82. The molecule has 0 aliphatic heterocycles. The second-order valence-corrected chi connectivity index (χ2v) is 5.52. The number of hydrogen-bond acceptors (Lipinski definition) is 5. The molecule has 1 aromatic heterocycles. The quantitative estimate of drug-likeness (QED) is 0.848. The summed E-state index contributed by atoms with van der Waals surface area (Å²) < 4.78 is 1.70. The molecule has 1 aromatic carbocycles. The molecule has 0 saturated heterocycles. The van der Waals surface area contributed by atoms with Crippen LogP contribution < -0.4 is 11.1 Å². The van der Waals surface area contributed by atoms with Crippen LogP contribution in [0.1, 0.15) is 33.6 Å². The number of hydrogen-bond donors (Lipinski definition) is 2. The third-order valence-corrected chi connectivity index (χ3v) is 3.50. The first-order chi connectivity index (χ1) is 10.5. The number of benzene rings is 1. The van der Waals surface area contributed by atoms with E-state index >= 15 is 0 Å². The van der Waals surface area contributed by atoms with E-state index in [1.54, 1.807) is 11.6 Å². The average Bonchev–Trinajstić information content (AvgIpc) is 2.96.